The molecule has 1 N–H and O–H groups in total. The number of hydrogen-bond donors (Lipinski definition) is 1. The van der Waals surface area contributed by atoms with E-state index in [2.05, 4.69) is 0 Å². The van der Waals surface area contributed by atoms with Gasteiger partial charge in [-0.15, -0.1) is 0 Å². The van der Waals surface area contributed by atoms with Crippen LogP contribution in [0.25, 0.3) is 0 Å². The van der Waals surface area contributed by atoms with Gasteiger partial charge in [0, 0.05) is 34.7 Å². The number of aliphatic hydroxyl groups excluding tert-OH is 1. The van der Waals surface area contributed by atoms with Gasteiger partial charge in [0.15, 0.2) is 5.83 Å². The Kier molecular flexibility index (Phi) is 6.99. The number of esters is 2. The number of aliphatic hydroxyl groups is 1. The van der Waals surface area contributed by atoms with Gasteiger partial charge < -0.3 is 14.6 Å². The third-order valence-electron chi connectivity index (χ3n) is 9.84. The standard InChI is InChI=1S/C28H38F2O6/c1-6-7-8-9-21(33)36-28(25(34)35-5)15(2)12-17-16-13-18(29)23-24(30)19(31)10-11-26(23,3)22(16)20(32)14-27(17,28)4/h10-11,15-18,20,22,32H,6-9,12-14H2,1-5H3/t15-,16-,17-,18-,20-,22+,26+,27-,28-/m0/s1. The van der Waals surface area contributed by atoms with E-state index in [0.717, 1.165) is 18.9 Å². The van der Waals surface area contributed by atoms with Crippen LogP contribution in [0.2, 0.25) is 0 Å². The maximum atomic E-state index is 15.6. The molecule has 0 bridgehead atoms. The van der Waals surface area contributed by atoms with Crippen molar-refractivity contribution in [3.63, 3.8) is 0 Å². The molecule has 3 saturated carbocycles. The fraction of sp³-hybridized carbons (Fsp3) is 0.750. The quantitative estimate of drug-likeness (QED) is 0.410. The minimum atomic E-state index is -1.69. The molecule has 0 aromatic rings. The van der Waals surface area contributed by atoms with Crippen molar-refractivity contribution < 1.29 is 37.7 Å². The third kappa shape index (κ3) is 3.61. The molecule has 0 unspecified atom stereocenters. The number of halogens is 2. The molecule has 8 heteroatoms. The Bertz CT molecular complexity index is 1010. The van der Waals surface area contributed by atoms with E-state index in [9.17, 15) is 23.9 Å². The Morgan fingerprint density at radius 3 is 2.56 bits per heavy atom. The summed E-state index contributed by atoms with van der Waals surface area (Å²) in [4.78, 5) is 38.4. The lowest BCUT2D eigenvalue weighted by Crippen LogP contribution is -2.64. The van der Waals surface area contributed by atoms with E-state index < -0.39 is 70.0 Å². The first-order valence-corrected chi connectivity index (χ1v) is 13.1. The molecule has 0 amide bonds. The summed E-state index contributed by atoms with van der Waals surface area (Å²) in [5, 5.41) is 11.6. The van der Waals surface area contributed by atoms with Gasteiger partial charge in [0.25, 0.3) is 0 Å². The second-order valence-corrected chi connectivity index (χ2v) is 11.7. The Hall–Kier alpha value is -2.09. The van der Waals surface area contributed by atoms with E-state index in [1.165, 1.54) is 13.2 Å². The summed E-state index contributed by atoms with van der Waals surface area (Å²) in [6, 6.07) is 0. The number of unbranched alkanes of at least 4 members (excludes halogenated alkanes) is 2. The van der Waals surface area contributed by atoms with Crippen molar-refractivity contribution in [2.75, 3.05) is 7.11 Å². The molecule has 4 aliphatic carbocycles. The molecule has 36 heavy (non-hydrogen) atoms. The van der Waals surface area contributed by atoms with Gasteiger partial charge in [0.2, 0.25) is 11.4 Å². The van der Waals surface area contributed by atoms with E-state index in [1.807, 2.05) is 20.8 Å². The molecule has 0 aliphatic heterocycles. The SMILES string of the molecule is CCCCCC(=O)O[C@]1(C(=O)OC)[C@@H](C)C[C@H]2[C@@H]3C[C@H](F)C4=C(F)C(=O)C=C[C@]4(C)[C@H]3[C@@H](O)C[C@@]21C. The molecule has 4 rings (SSSR count). The first-order chi connectivity index (χ1) is 16.9. The highest BCUT2D eigenvalue weighted by Gasteiger charge is 2.74. The van der Waals surface area contributed by atoms with Crippen LogP contribution in [0.15, 0.2) is 23.6 Å². The normalized spacial score (nSPS) is 43.5. The van der Waals surface area contributed by atoms with Gasteiger partial charge in [-0.1, -0.05) is 46.6 Å². The van der Waals surface area contributed by atoms with Crippen LogP contribution in [0.3, 0.4) is 0 Å². The van der Waals surface area contributed by atoms with E-state index >= 15 is 4.39 Å². The van der Waals surface area contributed by atoms with Gasteiger partial charge in [-0.3, -0.25) is 9.59 Å². The number of rotatable bonds is 6. The second-order valence-electron chi connectivity index (χ2n) is 11.7. The maximum absolute atomic E-state index is 15.6. The highest BCUT2D eigenvalue weighted by Crippen LogP contribution is 2.69. The van der Waals surface area contributed by atoms with E-state index in [1.54, 1.807) is 6.92 Å². The first-order valence-electron chi connectivity index (χ1n) is 13.1. The van der Waals surface area contributed by atoms with Crippen molar-refractivity contribution in [2.45, 2.75) is 90.5 Å². The number of hydrogen-bond acceptors (Lipinski definition) is 6. The summed E-state index contributed by atoms with van der Waals surface area (Å²) in [6.45, 7) is 7.37. The number of ketones is 1. The number of alkyl halides is 1. The third-order valence-corrected chi connectivity index (χ3v) is 9.84. The number of methoxy groups -OCH3 is 1. The van der Waals surface area contributed by atoms with Crippen molar-refractivity contribution >= 4 is 17.7 Å². The largest absolute Gasteiger partial charge is 0.466 e. The van der Waals surface area contributed by atoms with Gasteiger partial charge in [0.05, 0.1) is 13.2 Å². The molecule has 6 nitrogen and oxygen atoms in total. The van der Waals surface area contributed by atoms with Crippen LogP contribution in [0.5, 0.6) is 0 Å². The predicted octanol–water partition coefficient (Wildman–Crippen LogP) is 4.79. The Labute approximate surface area is 211 Å². The minimum absolute atomic E-state index is 0.0735. The van der Waals surface area contributed by atoms with Crippen molar-refractivity contribution in [1.29, 1.82) is 0 Å². The summed E-state index contributed by atoms with van der Waals surface area (Å²) in [6.07, 6.45) is 3.02. The summed E-state index contributed by atoms with van der Waals surface area (Å²) in [5.41, 5.74) is -3.98. The highest BCUT2D eigenvalue weighted by molar-refractivity contribution is 6.04. The molecule has 0 aromatic carbocycles. The van der Waals surface area contributed by atoms with Crippen molar-refractivity contribution in [2.24, 2.45) is 34.5 Å². The maximum Gasteiger partial charge on any atom is 0.351 e. The fourth-order valence-electron chi connectivity index (χ4n) is 8.35. The smallest absolute Gasteiger partial charge is 0.351 e. The number of allylic oxidation sites excluding steroid dienone is 4. The minimum Gasteiger partial charge on any atom is -0.466 e. The van der Waals surface area contributed by atoms with Gasteiger partial charge in [0.1, 0.15) is 6.17 Å². The molecule has 0 heterocycles. The summed E-state index contributed by atoms with van der Waals surface area (Å²) < 4.78 is 41.8. The van der Waals surface area contributed by atoms with Crippen LogP contribution in [-0.2, 0) is 23.9 Å². The van der Waals surface area contributed by atoms with Gasteiger partial charge in [-0.2, -0.15) is 0 Å². The van der Waals surface area contributed by atoms with Crippen molar-refractivity contribution in [3.8, 4) is 0 Å². The Morgan fingerprint density at radius 1 is 1.22 bits per heavy atom. The molecule has 9 atom stereocenters. The van der Waals surface area contributed by atoms with Crippen LogP contribution < -0.4 is 0 Å². The Balaban J connectivity index is 1.76. The van der Waals surface area contributed by atoms with Gasteiger partial charge in [-0.05, 0) is 43.6 Å². The zero-order valence-electron chi connectivity index (χ0n) is 21.8. The van der Waals surface area contributed by atoms with E-state index in [0.29, 0.717) is 12.8 Å². The summed E-state index contributed by atoms with van der Waals surface area (Å²) >= 11 is 0. The van der Waals surface area contributed by atoms with E-state index in [-0.39, 0.29) is 30.8 Å². The van der Waals surface area contributed by atoms with Crippen LogP contribution in [-0.4, -0.2) is 47.8 Å². The lowest BCUT2D eigenvalue weighted by atomic mass is 9.46. The second kappa shape index (κ2) is 9.34. The number of carbonyl (C=O) groups excluding carboxylic acids is 3. The van der Waals surface area contributed by atoms with E-state index in [4.69, 9.17) is 9.47 Å². The topological polar surface area (TPSA) is 89.9 Å². The monoisotopic (exact) mass is 508 g/mol. The first kappa shape index (κ1) is 27.0. The van der Waals surface area contributed by atoms with Crippen LogP contribution in [0, 0.1) is 34.5 Å². The summed E-state index contributed by atoms with van der Waals surface area (Å²) in [5.74, 6) is -4.75. The Morgan fingerprint density at radius 2 is 1.92 bits per heavy atom. The van der Waals surface area contributed by atoms with Crippen LogP contribution in [0.4, 0.5) is 8.78 Å². The van der Waals surface area contributed by atoms with Gasteiger partial charge in [-0.25, -0.2) is 13.6 Å². The zero-order chi connectivity index (χ0) is 26.6. The zero-order valence-corrected chi connectivity index (χ0v) is 21.8. The molecule has 4 aliphatic rings. The number of ether oxygens (including phenoxy) is 2. The number of fused-ring (bicyclic) bond motifs is 5. The molecule has 0 spiro atoms. The number of carbonyl (C=O) groups is 3. The predicted molar refractivity (Wildman–Crippen MR) is 128 cm³/mol. The van der Waals surface area contributed by atoms with Crippen molar-refractivity contribution in [1.82, 2.24) is 0 Å². The molecular weight excluding hydrogens is 470 g/mol. The molecule has 200 valence electrons. The molecule has 3 fully saturated rings. The highest BCUT2D eigenvalue weighted by atomic mass is 19.1. The average Bonchev–Trinajstić information content (AvgIpc) is 3.03. The molecule has 0 aromatic heterocycles. The molecule has 0 radical (unpaired) electrons. The lowest BCUT2D eigenvalue weighted by Gasteiger charge is -2.60. The van der Waals surface area contributed by atoms with Gasteiger partial charge >= 0.3 is 11.9 Å². The lowest BCUT2D eigenvalue weighted by molar-refractivity contribution is -0.218. The van der Waals surface area contributed by atoms with Crippen LogP contribution in [0.1, 0.15) is 72.6 Å². The summed E-state index contributed by atoms with van der Waals surface area (Å²) in [7, 11) is 1.25. The average molecular weight is 509 g/mol. The molecular formula is C28H38F2O6. The fourth-order valence-corrected chi connectivity index (χ4v) is 8.35. The molecule has 0 saturated heterocycles. The van der Waals surface area contributed by atoms with Crippen LogP contribution >= 0.6 is 0 Å². The van der Waals surface area contributed by atoms with Crippen molar-refractivity contribution in [3.05, 3.63) is 23.6 Å².